The predicted molar refractivity (Wildman–Crippen MR) is 72.5 cm³/mol. The highest BCUT2D eigenvalue weighted by atomic mass is 16.4. The highest BCUT2D eigenvalue weighted by Gasteiger charge is 2.25. The Labute approximate surface area is 116 Å². The van der Waals surface area contributed by atoms with Crippen molar-refractivity contribution in [3.63, 3.8) is 0 Å². The molecule has 0 spiro atoms. The number of piperidine rings is 1. The van der Waals surface area contributed by atoms with Gasteiger partial charge in [-0.1, -0.05) is 12.1 Å². The van der Waals surface area contributed by atoms with Crippen molar-refractivity contribution in [1.29, 1.82) is 0 Å². The van der Waals surface area contributed by atoms with E-state index in [2.05, 4.69) is 10.6 Å². The summed E-state index contributed by atoms with van der Waals surface area (Å²) in [6, 6.07) is 4.94. The van der Waals surface area contributed by atoms with Gasteiger partial charge in [-0.2, -0.15) is 0 Å². The number of carboxylic acid groups (broad SMARTS) is 1. The summed E-state index contributed by atoms with van der Waals surface area (Å²) in [5, 5.41) is 14.5. The van der Waals surface area contributed by atoms with Crippen LogP contribution in [0.5, 0.6) is 0 Å². The predicted octanol–water partition coefficient (Wildman–Crippen LogP) is 1.16. The number of aryl methyl sites for hydroxylation is 1. The van der Waals surface area contributed by atoms with Gasteiger partial charge in [0.25, 0.3) is 0 Å². The topological polar surface area (TPSA) is 95.5 Å². The molecule has 0 bridgehead atoms. The van der Waals surface area contributed by atoms with E-state index in [9.17, 15) is 19.5 Å². The molecule has 1 heterocycles. The monoisotopic (exact) mass is 276 g/mol. The number of hydrogen-bond donors (Lipinski definition) is 3. The second-order valence-electron chi connectivity index (χ2n) is 4.83. The third-order valence-electron chi connectivity index (χ3n) is 3.38. The Hall–Kier alpha value is -2.37. The second-order valence-corrected chi connectivity index (χ2v) is 4.83. The molecule has 0 aliphatic carbocycles. The lowest BCUT2D eigenvalue weighted by Gasteiger charge is -2.22. The van der Waals surface area contributed by atoms with Crippen LogP contribution in [0.2, 0.25) is 0 Å². The minimum absolute atomic E-state index is 0.0594. The molecule has 1 unspecified atom stereocenters. The average molecular weight is 276 g/mol. The van der Waals surface area contributed by atoms with Gasteiger partial charge in [0.15, 0.2) is 0 Å². The van der Waals surface area contributed by atoms with E-state index in [1.54, 1.807) is 25.1 Å². The minimum Gasteiger partial charge on any atom is -0.478 e. The Morgan fingerprint density at radius 2 is 2.15 bits per heavy atom. The first-order valence-corrected chi connectivity index (χ1v) is 6.39. The highest BCUT2D eigenvalue weighted by Crippen LogP contribution is 2.21. The number of carbonyl (C=O) groups is 3. The summed E-state index contributed by atoms with van der Waals surface area (Å²) >= 11 is 0. The van der Waals surface area contributed by atoms with Crippen LogP contribution in [0.15, 0.2) is 18.2 Å². The zero-order valence-corrected chi connectivity index (χ0v) is 11.1. The maximum atomic E-state index is 12.1. The lowest BCUT2D eigenvalue weighted by atomic mass is 9.97. The highest BCUT2D eigenvalue weighted by molar-refractivity contribution is 6.02. The van der Waals surface area contributed by atoms with Crippen molar-refractivity contribution in [2.75, 3.05) is 11.9 Å². The first kappa shape index (κ1) is 14.0. The van der Waals surface area contributed by atoms with Gasteiger partial charge < -0.3 is 15.7 Å². The van der Waals surface area contributed by atoms with E-state index in [0.29, 0.717) is 30.6 Å². The van der Waals surface area contributed by atoms with Crippen molar-refractivity contribution in [2.45, 2.75) is 19.8 Å². The molecule has 3 N–H and O–H groups in total. The number of benzene rings is 1. The van der Waals surface area contributed by atoms with Crippen LogP contribution < -0.4 is 10.6 Å². The molecule has 2 rings (SSSR count). The van der Waals surface area contributed by atoms with E-state index < -0.39 is 5.97 Å². The molecular formula is C14H16N2O4. The quantitative estimate of drug-likeness (QED) is 0.772. The van der Waals surface area contributed by atoms with Gasteiger partial charge >= 0.3 is 5.97 Å². The molecule has 106 valence electrons. The van der Waals surface area contributed by atoms with Gasteiger partial charge in [-0.05, 0) is 25.0 Å². The van der Waals surface area contributed by atoms with E-state index in [1.807, 2.05) is 0 Å². The van der Waals surface area contributed by atoms with Gasteiger partial charge in [0.05, 0.1) is 17.2 Å². The Kier molecular flexibility index (Phi) is 4.02. The molecule has 20 heavy (non-hydrogen) atoms. The number of nitrogens with one attached hydrogen (secondary N) is 2. The van der Waals surface area contributed by atoms with Gasteiger partial charge in [0.1, 0.15) is 0 Å². The summed E-state index contributed by atoms with van der Waals surface area (Å²) in [6.45, 7) is 1.97. The third kappa shape index (κ3) is 2.96. The number of hydrogen-bond acceptors (Lipinski definition) is 3. The van der Waals surface area contributed by atoms with Gasteiger partial charge in [0, 0.05) is 13.0 Å². The van der Waals surface area contributed by atoms with Crippen LogP contribution in [0.25, 0.3) is 0 Å². The number of carbonyl (C=O) groups excluding carboxylic acids is 2. The standard InChI is InChI=1S/C14H16N2O4/c1-8-3-2-4-10(12(8)14(19)20)16-13(18)9-5-6-11(17)15-7-9/h2-4,9H,5-7H2,1H3,(H,15,17)(H,16,18)(H,19,20). The zero-order chi connectivity index (χ0) is 14.7. The molecule has 1 atom stereocenters. The Balaban J connectivity index is 2.14. The normalized spacial score (nSPS) is 18.2. The summed E-state index contributed by atoms with van der Waals surface area (Å²) in [5.74, 6) is -1.72. The Bertz CT molecular complexity index is 558. The van der Waals surface area contributed by atoms with E-state index in [-0.39, 0.29) is 23.3 Å². The number of anilines is 1. The summed E-state index contributed by atoms with van der Waals surface area (Å²) < 4.78 is 0. The lowest BCUT2D eigenvalue weighted by Crippen LogP contribution is -2.40. The van der Waals surface area contributed by atoms with Gasteiger partial charge in [-0.15, -0.1) is 0 Å². The molecule has 6 heteroatoms. The maximum absolute atomic E-state index is 12.1. The summed E-state index contributed by atoms with van der Waals surface area (Å²) in [4.78, 5) is 34.4. The average Bonchev–Trinajstić information content (AvgIpc) is 2.39. The van der Waals surface area contributed by atoms with Crippen molar-refractivity contribution < 1.29 is 19.5 Å². The fourth-order valence-electron chi connectivity index (χ4n) is 2.25. The van der Waals surface area contributed by atoms with Crippen molar-refractivity contribution in [3.05, 3.63) is 29.3 Å². The zero-order valence-electron chi connectivity index (χ0n) is 11.1. The van der Waals surface area contributed by atoms with Crippen LogP contribution in [-0.2, 0) is 9.59 Å². The molecule has 1 saturated heterocycles. The van der Waals surface area contributed by atoms with Crippen LogP contribution in [0.4, 0.5) is 5.69 Å². The van der Waals surface area contributed by atoms with Crippen molar-refractivity contribution in [3.8, 4) is 0 Å². The third-order valence-corrected chi connectivity index (χ3v) is 3.38. The number of amides is 2. The van der Waals surface area contributed by atoms with Crippen LogP contribution in [0.3, 0.4) is 0 Å². The van der Waals surface area contributed by atoms with Crippen molar-refractivity contribution in [2.24, 2.45) is 5.92 Å². The molecule has 6 nitrogen and oxygen atoms in total. The first-order valence-electron chi connectivity index (χ1n) is 6.39. The van der Waals surface area contributed by atoms with Crippen molar-refractivity contribution >= 4 is 23.5 Å². The molecule has 0 radical (unpaired) electrons. The molecule has 1 aromatic rings. The summed E-state index contributed by atoms with van der Waals surface area (Å²) in [6.07, 6.45) is 0.795. The Morgan fingerprint density at radius 3 is 2.75 bits per heavy atom. The summed E-state index contributed by atoms with van der Waals surface area (Å²) in [7, 11) is 0. The van der Waals surface area contributed by atoms with Gasteiger partial charge in [-0.25, -0.2) is 4.79 Å². The number of rotatable bonds is 3. The fraction of sp³-hybridized carbons (Fsp3) is 0.357. The molecule has 1 aliphatic heterocycles. The summed E-state index contributed by atoms with van der Waals surface area (Å²) in [5.41, 5.74) is 0.979. The minimum atomic E-state index is -1.07. The molecule has 0 aromatic heterocycles. The lowest BCUT2D eigenvalue weighted by molar-refractivity contribution is -0.126. The molecule has 1 aromatic carbocycles. The van der Waals surface area contributed by atoms with Gasteiger partial charge in [0.2, 0.25) is 11.8 Å². The second kappa shape index (κ2) is 5.73. The van der Waals surface area contributed by atoms with E-state index in [1.165, 1.54) is 0 Å². The Morgan fingerprint density at radius 1 is 1.40 bits per heavy atom. The van der Waals surface area contributed by atoms with E-state index in [0.717, 1.165) is 0 Å². The van der Waals surface area contributed by atoms with Crippen LogP contribution in [0, 0.1) is 12.8 Å². The molecule has 1 fully saturated rings. The van der Waals surface area contributed by atoms with Crippen molar-refractivity contribution in [1.82, 2.24) is 5.32 Å². The largest absolute Gasteiger partial charge is 0.478 e. The number of carboxylic acids is 1. The fourth-order valence-corrected chi connectivity index (χ4v) is 2.25. The van der Waals surface area contributed by atoms with E-state index >= 15 is 0 Å². The van der Waals surface area contributed by atoms with Crippen LogP contribution in [0.1, 0.15) is 28.8 Å². The SMILES string of the molecule is Cc1cccc(NC(=O)C2CCC(=O)NC2)c1C(=O)O. The molecule has 2 amide bonds. The number of aromatic carboxylic acids is 1. The van der Waals surface area contributed by atoms with Crippen LogP contribution in [-0.4, -0.2) is 29.4 Å². The smallest absolute Gasteiger partial charge is 0.338 e. The van der Waals surface area contributed by atoms with E-state index in [4.69, 9.17) is 0 Å². The molecule has 0 saturated carbocycles. The molecule has 1 aliphatic rings. The van der Waals surface area contributed by atoms with Crippen LogP contribution >= 0.6 is 0 Å². The first-order chi connectivity index (χ1) is 9.49. The maximum Gasteiger partial charge on any atom is 0.338 e. The van der Waals surface area contributed by atoms with Gasteiger partial charge in [-0.3, -0.25) is 9.59 Å². The molecular weight excluding hydrogens is 260 g/mol.